The largest absolute Gasteiger partial charge is 0.493 e. The molecule has 0 radical (unpaired) electrons. The lowest BCUT2D eigenvalue weighted by Crippen LogP contribution is -1.90. The summed E-state index contributed by atoms with van der Waals surface area (Å²) in [5, 5.41) is 4.48. The van der Waals surface area contributed by atoms with E-state index in [1.165, 1.54) is 0 Å². The van der Waals surface area contributed by atoms with Crippen molar-refractivity contribution in [3.63, 3.8) is 0 Å². The van der Waals surface area contributed by atoms with Crippen molar-refractivity contribution in [2.45, 2.75) is 6.92 Å². The Morgan fingerprint density at radius 2 is 1.94 bits per heavy atom. The van der Waals surface area contributed by atoms with Gasteiger partial charge >= 0.3 is 0 Å². The van der Waals surface area contributed by atoms with Gasteiger partial charge in [0.25, 0.3) is 0 Å². The molecule has 0 spiro atoms. The lowest BCUT2D eigenvalue weighted by atomic mass is 10.1. The Hall–Kier alpha value is -2.36. The molecule has 4 heteroatoms. The summed E-state index contributed by atoms with van der Waals surface area (Å²) < 4.78 is 7.02. The fraction of sp³-hybridized carbons (Fsp3) is 0.143. The normalized spacial score (nSPS) is 10.8. The van der Waals surface area contributed by atoms with E-state index in [0.29, 0.717) is 0 Å². The van der Waals surface area contributed by atoms with E-state index < -0.39 is 0 Å². The van der Waals surface area contributed by atoms with Gasteiger partial charge in [0.15, 0.2) is 17.2 Å². The maximum atomic E-state index is 5.28. The summed E-state index contributed by atoms with van der Waals surface area (Å²) in [7, 11) is 1.64. The number of ether oxygens (including phenoxy) is 1. The molecule has 3 rings (SSSR count). The van der Waals surface area contributed by atoms with Gasteiger partial charge < -0.3 is 4.74 Å². The second kappa shape index (κ2) is 4.14. The summed E-state index contributed by atoms with van der Waals surface area (Å²) in [6, 6.07) is 11.9. The zero-order valence-electron chi connectivity index (χ0n) is 10.3. The summed E-state index contributed by atoms with van der Waals surface area (Å²) in [6.07, 6.45) is 1.87. The number of hydrogen-bond acceptors (Lipinski definition) is 3. The van der Waals surface area contributed by atoms with Crippen molar-refractivity contribution in [1.82, 2.24) is 14.6 Å². The number of hydrogen-bond donors (Lipinski definition) is 0. The number of benzene rings is 1. The van der Waals surface area contributed by atoms with Gasteiger partial charge in [-0.25, -0.2) is 9.50 Å². The third kappa shape index (κ3) is 1.62. The minimum Gasteiger partial charge on any atom is -0.493 e. The molecule has 0 fully saturated rings. The van der Waals surface area contributed by atoms with Gasteiger partial charge in [-0.05, 0) is 24.6 Å². The Balaban J connectivity index is 2.23. The van der Waals surface area contributed by atoms with Gasteiger partial charge in [-0.3, -0.25) is 0 Å². The van der Waals surface area contributed by atoms with Gasteiger partial charge in [-0.1, -0.05) is 24.3 Å². The minimum atomic E-state index is 0.720. The quantitative estimate of drug-likeness (QED) is 0.690. The molecule has 1 aromatic carbocycles. The summed E-state index contributed by atoms with van der Waals surface area (Å²) in [4.78, 5) is 4.54. The number of aryl methyl sites for hydroxylation is 1. The van der Waals surface area contributed by atoms with Crippen LogP contribution in [0.15, 0.2) is 42.6 Å². The number of methoxy groups -OCH3 is 1. The highest BCUT2D eigenvalue weighted by Crippen LogP contribution is 2.23. The van der Waals surface area contributed by atoms with Gasteiger partial charge in [0.05, 0.1) is 7.11 Å². The number of pyridine rings is 1. The maximum Gasteiger partial charge on any atom is 0.198 e. The number of rotatable bonds is 2. The molecule has 0 bridgehead atoms. The molecule has 0 saturated heterocycles. The second-order valence-corrected chi connectivity index (χ2v) is 4.10. The molecule has 0 N–H and O–H groups in total. The number of fused-ring (bicyclic) bond motifs is 1. The summed E-state index contributed by atoms with van der Waals surface area (Å²) in [5.41, 5.74) is 2.94. The van der Waals surface area contributed by atoms with Crippen molar-refractivity contribution in [3.8, 4) is 17.1 Å². The van der Waals surface area contributed by atoms with E-state index in [9.17, 15) is 0 Å². The standard InChI is InChI=1S/C14H13N3O/c1-10-6-3-4-7-11(10)13-15-14-12(18-2)8-5-9-17(14)16-13/h3-9H,1-2H3. The molecule has 18 heavy (non-hydrogen) atoms. The van der Waals surface area contributed by atoms with Crippen LogP contribution in [0, 0.1) is 6.92 Å². The van der Waals surface area contributed by atoms with E-state index in [4.69, 9.17) is 4.74 Å². The summed E-state index contributed by atoms with van der Waals surface area (Å²) in [5.74, 6) is 1.45. The molecule has 0 aliphatic heterocycles. The van der Waals surface area contributed by atoms with E-state index in [0.717, 1.165) is 28.3 Å². The number of nitrogens with zero attached hydrogens (tertiary/aromatic N) is 3. The van der Waals surface area contributed by atoms with Crippen LogP contribution in [0.2, 0.25) is 0 Å². The molecule has 90 valence electrons. The molecule has 0 aliphatic rings. The second-order valence-electron chi connectivity index (χ2n) is 4.10. The smallest absolute Gasteiger partial charge is 0.198 e. The summed E-state index contributed by atoms with van der Waals surface area (Å²) >= 11 is 0. The van der Waals surface area contributed by atoms with Crippen molar-refractivity contribution in [2.24, 2.45) is 0 Å². The molecule has 2 heterocycles. The van der Waals surface area contributed by atoms with E-state index >= 15 is 0 Å². The van der Waals surface area contributed by atoms with Crippen LogP contribution in [0.1, 0.15) is 5.56 Å². The molecule has 0 saturated carbocycles. The van der Waals surface area contributed by atoms with Gasteiger partial charge in [0.1, 0.15) is 0 Å². The first kappa shape index (κ1) is 10.8. The van der Waals surface area contributed by atoms with Gasteiger partial charge in [0.2, 0.25) is 0 Å². The fourth-order valence-corrected chi connectivity index (χ4v) is 1.98. The van der Waals surface area contributed by atoms with Crippen molar-refractivity contribution >= 4 is 5.65 Å². The van der Waals surface area contributed by atoms with Crippen LogP contribution in [0.3, 0.4) is 0 Å². The zero-order valence-corrected chi connectivity index (χ0v) is 10.3. The van der Waals surface area contributed by atoms with Crippen LogP contribution in [0.5, 0.6) is 5.75 Å². The van der Waals surface area contributed by atoms with Gasteiger partial charge in [-0.15, -0.1) is 5.10 Å². The molecule has 2 aromatic heterocycles. The topological polar surface area (TPSA) is 39.4 Å². The van der Waals surface area contributed by atoms with Crippen LogP contribution >= 0.6 is 0 Å². The predicted molar refractivity (Wildman–Crippen MR) is 69.7 cm³/mol. The van der Waals surface area contributed by atoms with Crippen molar-refractivity contribution in [3.05, 3.63) is 48.2 Å². The van der Waals surface area contributed by atoms with Crippen LogP contribution in [0.4, 0.5) is 0 Å². The SMILES string of the molecule is COc1cccn2nc(-c3ccccc3C)nc12. The van der Waals surface area contributed by atoms with Crippen molar-refractivity contribution < 1.29 is 4.74 Å². The van der Waals surface area contributed by atoms with Gasteiger partial charge in [0, 0.05) is 11.8 Å². The minimum absolute atomic E-state index is 0.720. The first-order chi connectivity index (χ1) is 8.79. The van der Waals surface area contributed by atoms with Crippen LogP contribution in [-0.4, -0.2) is 21.7 Å². The molecule has 0 aliphatic carbocycles. The Bertz CT molecular complexity index is 703. The van der Waals surface area contributed by atoms with Crippen LogP contribution in [-0.2, 0) is 0 Å². The van der Waals surface area contributed by atoms with Crippen LogP contribution < -0.4 is 4.74 Å². The number of aromatic nitrogens is 3. The van der Waals surface area contributed by atoms with E-state index in [1.54, 1.807) is 11.6 Å². The molecular weight excluding hydrogens is 226 g/mol. The average molecular weight is 239 g/mol. The van der Waals surface area contributed by atoms with E-state index in [1.807, 2.05) is 36.5 Å². The van der Waals surface area contributed by atoms with E-state index in [-0.39, 0.29) is 0 Å². The highest BCUT2D eigenvalue weighted by Gasteiger charge is 2.11. The maximum absolute atomic E-state index is 5.28. The Kier molecular flexibility index (Phi) is 2.48. The van der Waals surface area contributed by atoms with E-state index in [2.05, 4.69) is 23.1 Å². The molecule has 3 aromatic rings. The fourth-order valence-electron chi connectivity index (χ4n) is 1.98. The first-order valence-electron chi connectivity index (χ1n) is 5.75. The Morgan fingerprint density at radius 1 is 1.11 bits per heavy atom. The molecule has 0 unspecified atom stereocenters. The lowest BCUT2D eigenvalue weighted by molar-refractivity contribution is 0.416. The Morgan fingerprint density at radius 3 is 2.72 bits per heavy atom. The highest BCUT2D eigenvalue weighted by atomic mass is 16.5. The molecule has 0 atom stereocenters. The monoisotopic (exact) mass is 239 g/mol. The third-order valence-electron chi connectivity index (χ3n) is 2.93. The van der Waals surface area contributed by atoms with Gasteiger partial charge in [-0.2, -0.15) is 0 Å². The first-order valence-corrected chi connectivity index (χ1v) is 5.75. The lowest BCUT2D eigenvalue weighted by Gasteiger charge is -1.98. The summed E-state index contributed by atoms with van der Waals surface area (Å²) in [6.45, 7) is 2.05. The highest BCUT2D eigenvalue weighted by molar-refractivity contribution is 5.64. The Labute approximate surface area is 105 Å². The van der Waals surface area contributed by atoms with Crippen molar-refractivity contribution in [2.75, 3.05) is 7.11 Å². The van der Waals surface area contributed by atoms with Crippen molar-refractivity contribution in [1.29, 1.82) is 0 Å². The zero-order chi connectivity index (χ0) is 12.5. The predicted octanol–water partition coefficient (Wildman–Crippen LogP) is 2.71. The van der Waals surface area contributed by atoms with Crippen LogP contribution in [0.25, 0.3) is 17.0 Å². The third-order valence-corrected chi connectivity index (χ3v) is 2.93. The molecule has 0 amide bonds. The molecule has 4 nitrogen and oxygen atoms in total. The average Bonchev–Trinajstić information content (AvgIpc) is 2.82. The molecular formula is C14H13N3O.